The summed E-state index contributed by atoms with van der Waals surface area (Å²) in [6.07, 6.45) is 0. The molecule has 0 bridgehead atoms. The fourth-order valence-electron chi connectivity index (χ4n) is 4.25. The summed E-state index contributed by atoms with van der Waals surface area (Å²) in [4.78, 5) is 4.74. The van der Waals surface area contributed by atoms with Crippen LogP contribution in [-0.2, 0) is 4.65 Å². The van der Waals surface area contributed by atoms with Crippen LogP contribution in [0.25, 0.3) is 55.6 Å². The fourth-order valence-corrected chi connectivity index (χ4v) is 4.25. The van der Waals surface area contributed by atoms with Crippen LogP contribution in [0, 0.1) is 0 Å². The summed E-state index contributed by atoms with van der Waals surface area (Å²) in [5.41, 5.74) is 5.12. The van der Waals surface area contributed by atoms with Crippen molar-refractivity contribution >= 4 is 46.0 Å². The minimum atomic E-state index is -1.01. The quantitative estimate of drug-likeness (QED) is 0.259. The zero-order chi connectivity index (χ0) is 25.8. The Bertz CT molecular complexity index is 1720. The van der Waals surface area contributed by atoms with E-state index in [4.69, 9.17) is 18.5 Å². The molecule has 0 aliphatic rings. The molecule has 1 N–H and O–H groups in total. The third-order valence-electron chi connectivity index (χ3n) is 7.23. The van der Waals surface area contributed by atoms with E-state index in [1.807, 2.05) is 74.5 Å². The van der Waals surface area contributed by atoms with Crippen LogP contribution >= 0.6 is 0 Å². The molecular weight excluding hydrogens is 461 g/mol. The minimum absolute atomic E-state index is 0.572. The Balaban J connectivity index is 1.34. The number of benzene rings is 4. The van der Waals surface area contributed by atoms with Crippen LogP contribution in [0.2, 0.25) is 0 Å². The summed E-state index contributed by atoms with van der Waals surface area (Å²) < 4.78 is 18.4. The predicted molar refractivity (Wildman–Crippen MR) is 149 cm³/mol. The lowest BCUT2D eigenvalue weighted by Crippen LogP contribution is -2.49. The van der Waals surface area contributed by atoms with Crippen LogP contribution in [0.1, 0.15) is 27.7 Å². The van der Waals surface area contributed by atoms with Gasteiger partial charge in [0, 0.05) is 22.4 Å². The molecule has 6 heteroatoms. The van der Waals surface area contributed by atoms with Crippen molar-refractivity contribution in [1.82, 2.24) is 4.98 Å². The first-order valence-electron chi connectivity index (χ1n) is 12.3. The number of rotatable bonds is 6. The molecule has 0 aliphatic carbocycles. The van der Waals surface area contributed by atoms with E-state index >= 15 is 0 Å². The van der Waals surface area contributed by atoms with Gasteiger partial charge in [-0.3, -0.25) is 0 Å². The maximum Gasteiger partial charge on any atom is 0.334 e. The molecule has 0 saturated heterocycles. The third-order valence-corrected chi connectivity index (χ3v) is 7.23. The molecule has 37 heavy (non-hydrogen) atoms. The third kappa shape index (κ3) is 4.22. The van der Waals surface area contributed by atoms with Gasteiger partial charge < -0.3 is 18.6 Å². The first-order valence-corrected chi connectivity index (χ1v) is 12.3. The number of hydrogen-bond acceptors (Lipinski definition) is 5. The van der Waals surface area contributed by atoms with Crippen LogP contribution in [0.4, 0.5) is 0 Å². The summed E-state index contributed by atoms with van der Waals surface area (Å²) in [5.74, 6) is 0.572. The number of nitrogens with zero attached hydrogens (tertiary/aromatic N) is 1. The fraction of sp³-hybridized carbons (Fsp3) is 0.194. The largest absolute Gasteiger partial charge is 0.456 e. The zero-order valence-electron chi connectivity index (χ0n) is 21.3. The molecule has 0 unspecified atom stereocenters. The number of furan rings is 1. The van der Waals surface area contributed by atoms with Crippen LogP contribution in [0.5, 0.6) is 0 Å². The van der Waals surface area contributed by atoms with Crippen LogP contribution in [-0.4, -0.2) is 28.8 Å². The van der Waals surface area contributed by atoms with E-state index in [1.54, 1.807) is 21.3 Å². The van der Waals surface area contributed by atoms with E-state index in [0.717, 1.165) is 38.5 Å². The molecule has 0 amide bonds. The van der Waals surface area contributed by atoms with Gasteiger partial charge in [0.2, 0.25) is 5.89 Å². The van der Waals surface area contributed by atoms with E-state index < -0.39 is 11.2 Å². The van der Waals surface area contributed by atoms with Crippen molar-refractivity contribution in [2.75, 3.05) is 0 Å². The highest BCUT2D eigenvalue weighted by Crippen LogP contribution is 2.34. The van der Waals surface area contributed by atoms with Gasteiger partial charge in [-0.15, -0.1) is 0 Å². The summed E-state index contributed by atoms with van der Waals surface area (Å²) >= 11 is 0. The maximum absolute atomic E-state index is 10.4. The molecule has 6 rings (SSSR count). The molecule has 0 spiro atoms. The minimum Gasteiger partial charge on any atom is -0.456 e. The van der Waals surface area contributed by atoms with Crippen molar-refractivity contribution in [2.45, 2.75) is 38.9 Å². The van der Waals surface area contributed by atoms with Crippen LogP contribution < -0.4 is 5.46 Å². The van der Waals surface area contributed by atoms with Crippen LogP contribution in [0.3, 0.4) is 0 Å². The Hall–Kier alpha value is -3.87. The first kappa shape index (κ1) is 23.5. The van der Waals surface area contributed by atoms with E-state index in [9.17, 15) is 5.11 Å². The van der Waals surface area contributed by atoms with E-state index in [2.05, 4.69) is 24.3 Å². The van der Waals surface area contributed by atoms with Gasteiger partial charge in [-0.1, -0.05) is 60.7 Å². The van der Waals surface area contributed by atoms with Gasteiger partial charge in [0.1, 0.15) is 16.7 Å². The molecule has 0 atom stereocenters. The monoisotopic (exact) mass is 488 g/mol. The topological polar surface area (TPSA) is 68.6 Å². The molecule has 0 fully saturated rings. The molecule has 4 aromatic carbocycles. The lowest BCUT2D eigenvalue weighted by Gasteiger charge is -2.37. The summed E-state index contributed by atoms with van der Waals surface area (Å²) in [6.45, 7) is 7.18. The number of aromatic nitrogens is 1. The van der Waals surface area contributed by atoms with Gasteiger partial charge in [0.15, 0.2) is 5.58 Å². The van der Waals surface area contributed by atoms with Gasteiger partial charge in [0.05, 0.1) is 11.2 Å². The van der Waals surface area contributed by atoms with Crippen molar-refractivity contribution in [1.29, 1.82) is 0 Å². The van der Waals surface area contributed by atoms with E-state index in [1.165, 1.54) is 5.56 Å². The molecule has 0 aliphatic heterocycles. The van der Waals surface area contributed by atoms with E-state index in [0.29, 0.717) is 17.1 Å². The Kier molecular flexibility index (Phi) is 5.48. The second-order valence-corrected chi connectivity index (χ2v) is 10.4. The smallest absolute Gasteiger partial charge is 0.334 e. The lowest BCUT2D eigenvalue weighted by molar-refractivity contribution is -0.0893. The van der Waals surface area contributed by atoms with Gasteiger partial charge in [-0.25, -0.2) is 4.98 Å². The van der Waals surface area contributed by atoms with Gasteiger partial charge >= 0.3 is 7.48 Å². The Morgan fingerprint density at radius 2 is 1.43 bits per heavy atom. The van der Waals surface area contributed by atoms with Crippen molar-refractivity contribution in [3.05, 3.63) is 84.9 Å². The summed E-state index contributed by atoms with van der Waals surface area (Å²) in [7, 11) is 1.65. The molecule has 2 aromatic heterocycles. The standard InChI is InChI=1S/C31H27BNO4/c1-30(2,34)31(3,4)37-32-24-12-8-11-22-23-17-27-25(18-26(23)35-28(22)24)33-29(36-27)21-15-13-20(14-16-21)19-9-6-5-7-10-19/h5-18,34H,1-4H3. The normalized spacial score (nSPS) is 12.6. The number of fused-ring (bicyclic) bond motifs is 4. The van der Waals surface area contributed by atoms with Gasteiger partial charge in [0.25, 0.3) is 0 Å². The predicted octanol–water partition coefficient (Wildman–Crippen LogP) is 6.87. The molecule has 183 valence electrons. The molecule has 6 aromatic rings. The Morgan fingerprint density at radius 3 is 2.16 bits per heavy atom. The lowest BCUT2D eigenvalue weighted by atomic mass is 9.82. The average molecular weight is 488 g/mol. The molecular formula is C31H27BNO4. The van der Waals surface area contributed by atoms with E-state index in [-0.39, 0.29) is 0 Å². The number of oxazole rings is 1. The van der Waals surface area contributed by atoms with Crippen molar-refractivity contribution < 1.29 is 18.6 Å². The second kappa shape index (κ2) is 8.61. The highest BCUT2D eigenvalue weighted by Gasteiger charge is 2.36. The highest BCUT2D eigenvalue weighted by atomic mass is 16.5. The average Bonchev–Trinajstić information content (AvgIpc) is 3.47. The summed E-state index contributed by atoms with van der Waals surface area (Å²) in [5, 5.41) is 12.3. The van der Waals surface area contributed by atoms with Crippen molar-refractivity contribution in [2.24, 2.45) is 0 Å². The summed E-state index contributed by atoms with van der Waals surface area (Å²) in [6, 6.07) is 28.3. The van der Waals surface area contributed by atoms with Gasteiger partial charge in [-0.05, 0) is 62.5 Å². The second-order valence-electron chi connectivity index (χ2n) is 10.4. The number of para-hydroxylation sites is 1. The molecule has 2 heterocycles. The number of hydrogen-bond donors (Lipinski definition) is 1. The van der Waals surface area contributed by atoms with Crippen molar-refractivity contribution in [3.63, 3.8) is 0 Å². The first-order chi connectivity index (χ1) is 17.7. The van der Waals surface area contributed by atoms with Crippen molar-refractivity contribution in [3.8, 4) is 22.6 Å². The number of aliphatic hydroxyl groups is 1. The van der Waals surface area contributed by atoms with Gasteiger partial charge in [-0.2, -0.15) is 0 Å². The zero-order valence-corrected chi connectivity index (χ0v) is 21.3. The molecule has 1 radical (unpaired) electrons. The molecule has 5 nitrogen and oxygen atoms in total. The Morgan fingerprint density at radius 1 is 0.730 bits per heavy atom. The SMILES string of the molecule is CC(C)(O)C(C)(C)O[B]c1cccc2c1oc1cc3nc(-c4ccc(-c5ccccc5)cc4)oc3cc12. The Labute approximate surface area is 216 Å². The maximum atomic E-state index is 10.4. The highest BCUT2D eigenvalue weighted by molar-refractivity contribution is 6.51. The van der Waals surface area contributed by atoms with Crippen LogP contribution in [0.15, 0.2) is 93.8 Å². The molecule has 0 saturated carbocycles.